The highest BCUT2D eigenvalue weighted by molar-refractivity contribution is 5.44. The summed E-state index contributed by atoms with van der Waals surface area (Å²) in [6.45, 7) is 4.65. The van der Waals surface area contributed by atoms with Gasteiger partial charge in [-0.15, -0.1) is 0 Å². The molecule has 0 saturated carbocycles. The molecule has 1 N–H and O–H groups in total. The predicted molar refractivity (Wildman–Crippen MR) is 78.2 cm³/mol. The van der Waals surface area contributed by atoms with E-state index < -0.39 is 6.10 Å². The average molecular weight is 256 g/mol. The van der Waals surface area contributed by atoms with Crippen LogP contribution >= 0.6 is 0 Å². The maximum absolute atomic E-state index is 9.44. The van der Waals surface area contributed by atoms with Crippen molar-refractivity contribution in [3.8, 4) is 0 Å². The molecule has 0 amide bonds. The molecule has 0 unspecified atom stereocenters. The number of hydrogen-bond acceptors (Lipinski definition) is 3. The topological polar surface area (TPSA) is 36.4 Å². The summed E-state index contributed by atoms with van der Waals surface area (Å²) in [5, 5.41) is 9.44. The fourth-order valence-corrected chi connectivity index (χ4v) is 1.93. The highest BCUT2D eigenvalue weighted by atomic mass is 16.3. The third-order valence-electron chi connectivity index (χ3n) is 3.18. The van der Waals surface area contributed by atoms with E-state index >= 15 is 0 Å². The van der Waals surface area contributed by atoms with Gasteiger partial charge < -0.3 is 10.0 Å². The molecular formula is C16H20N2O. The molecule has 0 aliphatic rings. The van der Waals surface area contributed by atoms with Gasteiger partial charge in [-0.3, -0.25) is 4.98 Å². The van der Waals surface area contributed by atoms with Crippen LogP contribution < -0.4 is 4.90 Å². The lowest BCUT2D eigenvalue weighted by molar-refractivity contribution is 0.194. The van der Waals surface area contributed by atoms with Gasteiger partial charge in [-0.25, -0.2) is 0 Å². The largest absolute Gasteiger partial charge is 0.387 e. The summed E-state index contributed by atoms with van der Waals surface area (Å²) in [6.07, 6.45) is 1.28. The molecule has 1 atom stereocenters. The van der Waals surface area contributed by atoms with Crippen LogP contribution in [0.1, 0.15) is 29.8 Å². The minimum absolute atomic E-state index is 0.517. The minimum atomic E-state index is -0.517. The van der Waals surface area contributed by atoms with Crippen LogP contribution in [0, 0.1) is 6.92 Å². The molecule has 2 rings (SSSR count). The van der Waals surface area contributed by atoms with E-state index in [0.717, 1.165) is 12.2 Å². The number of nitrogens with zero attached hydrogens (tertiary/aromatic N) is 2. The van der Waals surface area contributed by atoms with Crippen molar-refractivity contribution in [2.24, 2.45) is 0 Å². The summed E-state index contributed by atoms with van der Waals surface area (Å²) in [5.41, 5.74) is 4.29. The van der Waals surface area contributed by atoms with Crippen LogP contribution in [0.15, 0.2) is 42.6 Å². The fraction of sp³-hybridized carbons (Fsp3) is 0.312. The second-order valence-electron chi connectivity index (χ2n) is 4.96. The second-order valence-corrected chi connectivity index (χ2v) is 4.96. The molecule has 1 aromatic carbocycles. The van der Waals surface area contributed by atoms with E-state index in [9.17, 15) is 5.11 Å². The highest BCUT2D eigenvalue weighted by Crippen LogP contribution is 2.17. The van der Waals surface area contributed by atoms with Crippen LogP contribution in [0.4, 0.5) is 5.69 Å². The number of anilines is 1. The van der Waals surface area contributed by atoms with Crippen LogP contribution in [0.5, 0.6) is 0 Å². The molecule has 0 radical (unpaired) electrons. The molecule has 1 aromatic heterocycles. The van der Waals surface area contributed by atoms with Crippen molar-refractivity contribution in [3.05, 3.63) is 59.4 Å². The lowest BCUT2D eigenvalue weighted by atomic mass is 10.1. The number of aryl methyl sites for hydroxylation is 1. The van der Waals surface area contributed by atoms with Crippen LogP contribution in [-0.4, -0.2) is 17.1 Å². The average Bonchev–Trinajstić information content (AvgIpc) is 2.41. The Morgan fingerprint density at radius 1 is 1.16 bits per heavy atom. The van der Waals surface area contributed by atoms with Gasteiger partial charge in [0.25, 0.3) is 0 Å². The van der Waals surface area contributed by atoms with Gasteiger partial charge in [0, 0.05) is 13.6 Å². The Kier molecular flexibility index (Phi) is 4.17. The van der Waals surface area contributed by atoms with E-state index in [-0.39, 0.29) is 0 Å². The fourth-order valence-electron chi connectivity index (χ4n) is 1.93. The van der Waals surface area contributed by atoms with Crippen molar-refractivity contribution < 1.29 is 5.11 Å². The number of aromatic nitrogens is 1. The lowest BCUT2D eigenvalue weighted by Crippen LogP contribution is -2.16. The molecular weight excluding hydrogens is 236 g/mol. The van der Waals surface area contributed by atoms with Gasteiger partial charge >= 0.3 is 0 Å². The highest BCUT2D eigenvalue weighted by Gasteiger charge is 2.05. The quantitative estimate of drug-likeness (QED) is 0.913. The molecule has 100 valence electrons. The van der Waals surface area contributed by atoms with Crippen molar-refractivity contribution in [3.63, 3.8) is 0 Å². The molecule has 1 heterocycles. The van der Waals surface area contributed by atoms with Crippen molar-refractivity contribution >= 4 is 5.69 Å². The normalized spacial score (nSPS) is 12.2. The smallest absolute Gasteiger partial charge is 0.0931 e. The zero-order valence-electron chi connectivity index (χ0n) is 11.7. The predicted octanol–water partition coefficient (Wildman–Crippen LogP) is 3.08. The summed E-state index contributed by atoms with van der Waals surface area (Å²) in [7, 11) is 2.04. The Morgan fingerprint density at radius 2 is 1.84 bits per heavy atom. The summed E-state index contributed by atoms with van der Waals surface area (Å²) in [6, 6.07) is 12.4. The molecule has 0 aliphatic heterocycles. The Bertz CT molecular complexity index is 517. The Balaban J connectivity index is 2.07. The first kappa shape index (κ1) is 13.6. The summed E-state index contributed by atoms with van der Waals surface area (Å²) in [4.78, 5) is 6.41. The number of aliphatic hydroxyl groups is 1. The molecule has 0 saturated heterocycles. The maximum Gasteiger partial charge on any atom is 0.0931 e. The number of rotatable bonds is 4. The Morgan fingerprint density at radius 3 is 2.37 bits per heavy atom. The summed E-state index contributed by atoms with van der Waals surface area (Å²) in [5.74, 6) is 0. The van der Waals surface area contributed by atoms with E-state index in [0.29, 0.717) is 5.69 Å². The van der Waals surface area contributed by atoms with Crippen LogP contribution in [0.25, 0.3) is 0 Å². The van der Waals surface area contributed by atoms with Gasteiger partial charge in [0.2, 0.25) is 0 Å². The first-order chi connectivity index (χ1) is 9.06. The zero-order chi connectivity index (χ0) is 13.8. The van der Waals surface area contributed by atoms with Crippen molar-refractivity contribution in [2.45, 2.75) is 26.5 Å². The van der Waals surface area contributed by atoms with Crippen LogP contribution in [0.3, 0.4) is 0 Å². The van der Waals surface area contributed by atoms with E-state index in [2.05, 4.69) is 41.1 Å². The zero-order valence-corrected chi connectivity index (χ0v) is 11.7. The van der Waals surface area contributed by atoms with Crippen molar-refractivity contribution in [1.82, 2.24) is 4.98 Å². The first-order valence-electron chi connectivity index (χ1n) is 6.47. The third kappa shape index (κ3) is 3.55. The molecule has 2 aromatic rings. The monoisotopic (exact) mass is 256 g/mol. The first-order valence-corrected chi connectivity index (χ1v) is 6.47. The van der Waals surface area contributed by atoms with Gasteiger partial charge in [0.15, 0.2) is 0 Å². The number of benzene rings is 1. The SMILES string of the molecule is Cc1ccc(CN(C)c2ccc([C@H](C)O)nc2)cc1. The number of pyridine rings is 1. The molecule has 0 spiro atoms. The maximum atomic E-state index is 9.44. The van der Waals surface area contributed by atoms with Crippen molar-refractivity contribution in [1.29, 1.82) is 0 Å². The van der Waals surface area contributed by atoms with Crippen molar-refractivity contribution in [2.75, 3.05) is 11.9 Å². The second kappa shape index (κ2) is 5.85. The Hall–Kier alpha value is -1.87. The van der Waals surface area contributed by atoms with Gasteiger partial charge in [-0.1, -0.05) is 29.8 Å². The van der Waals surface area contributed by atoms with Gasteiger partial charge in [-0.05, 0) is 31.5 Å². The lowest BCUT2D eigenvalue weighted by Gasteiger charge is -2.19. The summed E-state index contributed by atoms with van der Waals surface area (Å²) >= 11 is 0. The summed E-state index contributed by atoms with van der Waals surface area (Å²) < 4.78 is 0. The molecule has 3 nitrogen and oxygen atoms in total. The van der Waals surface area contributed by atoms with Crippen LogP contribution in [0.2, 0.25) is 0 Å². The van der Waals surface area contributed by atoms with E-state index in [1.54, 1.807) is 13.1 Å². The molecule has 19 heavy (non-hydrogen) atoms. The van der Waals surface area contributed by atoms with E-state index in [4.69, 9.17) is 0 Å². The molecule has 0 aliphatic carbocycles. The van der Waals surface area contributed by atoms with Gasteiger partial charge in [0.1, 0.15) is 0 Å². The van der Waals surface area contributed by atoms with Crippen LogP contribution in [-0.2, 0) is 6.54 Å². The molecule has 3 heteroatoms. The van der Waals surface area contributed by atoms with E-state index in [1.165, 1.54) is 11.1 Å². The number of hydrogen-bond donors (Lipinski definition) is 1. The molecule has 0 bridgehead atoms. The standard InChI is InChI=1S/C16H20N2O/c1-12-4-6-14(7-5-12)11-18(3)15-8-9-16(13(2)19)17-10-15/h4-10,13,19H,11H2,1-3H3/t13-/m0/s1. The van der Waals surface area contributed by atoms with Gasteiger partial charge in [0.05, 0.1) is 23.7 Å². The number of aliphatic hydroxyl groups excluding tert-OH is 1. The Labute approximate surface area is 114 Å². The van der Waals surface area contributed by atoms with E-state index in [1.807, 2.05) is 19.2 Å². The third-order valence-corrected chi connectivity index (χ3v) is 3.18. The molecule has 0 fully saturated rings. The minimum Gasteiger partial charge on any atom is -0.387 e. The van der Waals surface area contributed by atoms with Gasteiger partial charge in [-0.2, -0.15) is 0 Å².